The minimum absolute atomic E-state index is 0.122. The van der Waals surface area contributed by atoms with E-state index in [-0.39, 0.29) is 5.82 Å². The van der Waals surface area contributed by atoms with Crippen LogP contribution in [0, 0.1) is 5.82 Å². The van der Waals surface area contributed by atoms with Crippen molar-refractivity contribution < 1.29 is 4.39 Å². The molecule has 1 aliphatic rings. The van der Waals surface area contributed by atoms with Gasteiger partial charge in [-0.3, -0.25) is 4.90 Å². The van der Waals surface area contributed by atoms with Crippen molar-refractivity contribution >= 4 is 10.9 Å². The van der Waals surface area contributed by atoms with Crippen molar-refractivity contribution in [1.82, 2.24) is 14.8 Å². The van der Waals surface area contributed by atoms with Crippen molar-refractivity contribution in [2.24, 2.45) is 0 Å². The third kappa shape index (κ3) is 2.45. The molecule has 1 saturated heterocycles. The highest BCUT2D eigenvalue weighted by Crippen LogP contribution is 2.27. The van der Waals surface area contributed by atoms with Crippen LogP contribution in [0.15, 0.2) is 24.3 Å². The van der Waals surface area contributed by atoms with E-state index in [1.165, 1.54) is 5.69 Å². The monoisotopic (exact) mass is 275 g/mol. The van der Waals surface area contributed by atoms with Gasteiger partial charge >= 0.3 is 0 Å². The van der Waals surface area contributed by atoms with Gasteiger partial charge in [-0.05, 0) is 32.0 Å². The lowest BCUT2D eigenvalue weighted by Crippen LogP contribution is -2.43. The minimum Gasteiger partial charge on any atom is -0.341 e. The number of benzene rings is 1. The van der Waals surface area contributed by atoms with Gasteiger partial charge in [-0.15, -0.1) is 0 Å². The summed E-state index contributed by atoms with van der Waals surface area (Å²) in [5.74, 6) is -0.122. The molecule has 1 aromatic carbocycles. The average Bonchev–Trinajstić information content (AvgIpc) is 2.79. The van der Waals surface area contributed by atoms with Gasteiger partial charge in [-0.2, -0.15) is 0 Å². The van der Waals surface area contributed by atoms with E-state index in [1.54, 1.807) is 12.1 Å². The summed E-state index contributed by atoms with van der Waals surface area (Å²) in [5, 5.41) is 4.11. The van der Waals surface area contributed by atoms with Crippen LogP contribution in [0.2, 0.25) is 0 Å². The number of hydrogen-bond acceptors (Lipinski definition) is 2. The second-order valence-corrected chi connectivity index (χ2v) is 5.80. The molecule has 0 bridgehead atoms. The Hall–Kier alpha value is -1.39. The first-order chi connectivity index (χ1) is 9.66. The second-order valence-electron chi connectivity index (χ2n) is 5.80. The summed E-state index contributed by atoms with van der Waals surface area (Å²) in [7, 11) is 0. The number of aromatic nitrogens is 1. The SMILES string of the molecule is CC(C)n1c(CN2CCNCC2)cc2c(F)cccc21. The fraction of sp³-hybridized carbons (Fsp3) is 0.500. The third-order valence-corrected chi connectivity index (χ3v) is 4.02. The van der Waals surface area contributed by atoms with Gasteiger partial charge < -0.3 is 9.88 Å². The lowest BCUT2D eigenvalue weighted by Gasteiger charge is -2.28. The Morgan fingerprint density at radius 3 is 2.70 bits per heavy atom. The number of piperazine rings is 1. The molecule has 0 amide bonds. The Morgan fingerprint density at radius 1 is 1.25 bits per heavy atom. The van der Waals surface area contributed by atoms with Gasteiger partial charge in [0.25, 0.3) is 0 Å². The zero-order chi connectivity index (χ0) is 14.1. The maximum absolute atomic E-state index is 14.0. The Bertz CT molecular complexity index is 597. The van der Waals surface area contributed by atoms with Crippen LogP contribution >= 0.6 is 0 Å². The quantitative estimate of drug-likeness (QED) is 0.929. The lowest BCUT2D eigenvalue weighted by molar-refractivity contribution is 0.227. The number of hydrogen-bond donors (Lipinski definition) is 1. The van der Waals surface area contributed by atoms with Crippen LogP contribution < -0.4 is 5.32 Å². The van der Waals surface area contributed by atoms with Crippen LogP contribution in [0.5, 0.6) is 0 Å². The maximum atomic E-state index is 14.0. The molecule has 1 fully saturated rings. The van der Waals surface area contributed by atoms with E-state index in [2.05, 4.69) is 28.6 Å². The molecule has 1 aromatic heterocycles. The molecule has 0 saturated carbocycles. The second kappa shape index (κ2) is 5.54. The summed E-state index contributed by atoms with van der Waals surface area (Å²) in [6.07, 6.45) is 0. The van der Waals surface area contributed by atoms with Crippen molar-refractivity contribution in [3.63, 3.8) is 0 Å². The van der Waals surface area contributed by atoms with E-state index in [1.807, 2.05) is 12.1 Å². The predicted molar refractivity (Wildman–Crippen MR) is 80.4 cm³/mol. The molecule has 0 spiro atoms. The Kier molecular flexibility index (Phi) is 3.76. The van der Waals surface area contributed by atoms with Crippen molar-refractivity contribution in [2.45, 2.75) is 26.4 Å². The summed E-state index contributed by atoms with van der Waals surface area (Å²) in [4.78, 5) is 2.43. The van der Waals surface area contributed by atoms with Crippen molar-refractivity contribution in [1.29, 1.82) is 0 Å². The molecule has 0 unspecified atom stereocenters. The van der Waals surface area contributed by atoms with E-state index in [0.29, 0.717) is 6.04 Å². The van der Waals surface area contributed by atoms with Gasteiger partial charge in [0, 0.05) is 49.8 Å². The van der Waals surface area contributed by atoms with Gasteiger partial charge in [0.15, 0.2) is 0 Å². The van der Waals surface area contributed by atoms with Crippen LogP contribution in [-0.2, 0) is 6.54 Å². The number of halogens is 1. The summed E-state index contributed by atoms with van der Waals surface area (Å²) < 4.78 is 16.2. The van der Waals surface area contributed by atoms with Gasteiger partial charge in [-0.1, -0.05) is 6.07 Å². The molecule has 3 nitrogen and oxygen atoms in total. The van der Waals surface area contributed by atoms with E-state index in [0.717, 1.165) is 43.6 Å². The van der Waals surface area contributed by atoms with Crippen LogP contribution in [-0.4, -0.2) is 35.6 Å². The van der Waals surface area contributed by atoms with E-state index in [4.69, 9.17) is 0 Å². The van der Waals surface area contributed by atoms with Gasteiger partial charge in [-0.25, -0.2) is 4.39 Å². The average molecular weight is 275 g/mol. The van der Waals surface area contributed by atoms with Crippen LogP contribution in [0.25, 0.3) is 10.9 Å². The number of rotatable bonds is 3. The van der Waals surface area contributed by atoms with Crippen LogP contribution in [0.1, 0.15) is 25.6 Å². The van der Waals surface area contributed by atoms with E-state index < -0.39 is 0 Å². The van der Waals surface area contributed by atoms with Crippen molar-refractivity contribution in [2.75, 3.05) is 26.2 Å². The number of nitrogens with one attached hydrogen (secondary N) is 1. The van der Waals surface area contributed by atoms with Crippen molar-refractivity contribution in [3.8, 4) is 0 Å². The fourth-order valence-corrected chi connectivity index (χ4v) is 3.10. The van der Waals surface area contributed by atoms with Gasteiger partial charge in [0.2, 0.25) is 0 Å². The Morgan fingerprint density at radius 2 is 2.00 bits per heavy atom. The molecule has 1 aliphatic heterocycles. The first-order valence-corrected chi connectivity index (χ1v) is 7.38. The van der Waals surface area contributed by atoms with E-state index in [9.17, 15) is 4.39 Å². The highest BCUT2D eigenvalue weighted by atomic mass is 19.1. The number of fused-ring (bicyclic) bond motifs is 1. The molecule has 0 radical (unpaired) electrons. The number of nitrogens with zero attached hydrogens (tertiary/aromatic N) is 2. The molecule has 1 N–H and O–H groups in total. The summed E-state index contributed by atoms with van der Waals surface area (Å²) in [6.45, 7) is 9.40. The highest BCUT2D eigenvalue weighted by Gasteiger charge is 2.17. The molecule has 0 aliphatic carbocycles. The summed E-state index contributed by atoms with van der Waals surface area (Å²) in [6, 6.07) is 7.71. The maximum Gasteiger partial charge on any atom is 0.132 e. The summed E-state index contributed by atoms with van der Waals surface area (Å²) >= 11 is 0. The van der Waals surface area contributed by atoms with Gasteiger partial charge in [0.1, 0.15) is 5.82 Å². The predicted octanol–water partition coefficient (Wildman–Crippen LogP) is 2.77. The fourth-order valence-electron chi connectivity index (χ4n) is 3.10. The zero-order valence-corrected chi connectivity index (χ0v) is 12.2. The normalized spacial score (nSPS) is 17.2. The third-order valence-electron chi connectivity index (χ3n) is 4.02. The topological polar surface area (TPSA) is 20.2 Å². The first kappa shape index (κ1) is 13.6. The first-order valence-electron chi connectivity index (χ1n) is 7.38. The highest BCUT2D eigenvalue weighted by molar-refractivity contribution is 5.82. The molecule has 3 rings (SSSR count). The molecule has 20 heavy (non-hydrogen) atoms. The summed E-state index contributed by atoms with van der Waals surface area (Å²) in [5.41, 5.74) is 2.21. The van der Waals surface area contributed by atoms with Gasteiger partial charge in [0.05, 0.1) is 5.52 Å². The minimum atomic E-state index is -0.122. The smallest absolute Gasteiger partial charge is 0.132 e. The molecule has 0 atom stereocenters. The molecular formula is C16H22FN3. The molecule has 4 heteroatoms. The Balaban J connectivity index is 2.00. The molecule has 108 valence electrons. The van der Waals surface area contributed by atoms with Crippen LogP contribution in [0.4, 0.5) is 4.39 Å². The molecule has 2 heterocycles. The van der Waals surface area contributed by atoms with E-state index >= 15 is 0 Å². The largest absolute Gasteiger partial charge is 0.341 e. The standard InChI is InChI=1S/C16H22FN3/c1-12(2)20-13(11-19-8-6-18-7-9-19)10-14-15(17)4-3-5-16(14)20/h3-5,10,12,18H,6-9,11H2,1-2H3. The van der Waals surface area contributed by atoms with Crippen molar-refractivity contribution in [3.05, 3.63) is 35.8 Å². The lowest BCUT2D eigenvalue weighted by atomic mass is 10.2. The Labute approximate surface area is 119 Å². The van der Waals surface area contributed by atoms with Crippen LogP contribution in [0.3, 0.4) is 0 Å². The zero-order valence-electron chi connectivity index (χ0n) is 12.2. The molecule has 2 aromatic rings. The molecular weight excluding hydrogens is 253 g/mol.